The Balaban J connectivity index is 1.36. The number of hydrazone groups is 1. The molecule has 3 aromatic rings. The first-order valence-electron chi connectivity index (χ1n) is 10.6. The van der Waals surface area contributed by atoms with Gasteiger partial charge in [-0.15, -0.1) is 0 Å². The summed E-state index contributed by atoms with van der Waals surface area (Å²) in [5.41, 5.74) is 3.71. The Hall–Kier alpha value is -3.39. The lowest BCUT2D eigenvalue weighted by atomic mass is 10.1. The molecule has 2 heterocycles. The number of amidine groups is 2. The van der Waals surface area contributed by atoms with Crippen LogP contribution in [0, 0.1) is 12.3 Å². The highest BCUT2D eigenvalue weighted by Crippen LogP contribution is 2.31. The van der Waals surface area contributed by atoms with Crippen LogP contribution < -0.4 is 4.74 Å². The van der Waals surface area contributed by atoms with Gasteiger partial charge in [-0.2, -0.15) is 15.1 Å². The van der Waals surface area contributed by atoms with Crippen molar-refractivity contribution in [3.8, 4) is 5.75 Å². The molecule has 2 aliphatic heterocycles. The van der Waals surface area contributed by atoms with Crippen LogP contribution >= 0.6 is 35.0 Å². The maximum Gasteiger partial charge on any atom is 0.283 e. The van der Waals surface area contributed by atoms with E-state index in [-0.39, 0.29) is 18.0 Å². The van der Waals surface area contributed by atoms with Crippen LogP contribution in [0.15, 0.2) is 82.4 Å². The summed E-state index contributed by atoms with van der Waals surface area (Å²) >= 11 is 13.5. The lowest BCUT2D eigenvalue weighted by molar-refractivity contribution is -0.114. The molecule has 0 saturated carbocycles. The number of fused-ring (bicyclic) bond motifs is 1. The van der Waals surface area contributed by atoms with Gasteiger partial charge >= 0.3 is 0 Å². The highest BCUT2D eigenvalue weighted by molar-refractivity contribution is 8.27. The molecule has 0 bridgehead atoms. The molecule has 0 aliphatic carbocycles. The number of benzene rings is 3. The number of aryl methyl sites for hydroxylation is 1. The van der Waals surface area contributed by atoms with E-state index in [1.54, 1.807) is 24.3 Å². The monoisotopic (exact) mass is 520 g/mol. The molecule has 9 heteroatoms. The van der Waals surface area contributed by atoms with Crippen molar-refractivity contribution in [2.24, 2.45) is 10.1 Å². The molecule has 35 heavy (non-hydrogen) atoms. The highest BCUT2D eigenvalue weighted by atomic mass is 35.5. The Morgan fingerprint density at radius 3 is 2.66 bits per heavy atom. The van der Waals surface area contributed by atoms with Crippen molar-refractivity contribution in [2.75, 3.05) is 0 Å². The van der Waals surface area contributed by atoms with Crippen LogP contribution in [0.2, 0.25) is 10.0 Å². The SMILES string of the molecule is Cc1ccc(C2=NN3C(=N)/C(=C\c4cccc(OCc5ccc(Cl)cc5Cl)c4)C(=O)N=C3S2)cc1. The quantitative estimate of drug-likeness (QED) is 0.387. The van der Waals surface area contributed by atoms with Crippen molar-refractivity contribution in [1.82, 2.24) is 5.01 Å². The average Bonchev–Trinajstić information content (AvgIpc) is 3.26. The zero-order valence-electron chi connectivity index (χ0n) is 18.5. The Kier molecular flexibility index (Phi) is 6.47. The molecule has 3 aromatic carbocycles. The molecule has 0 spiro atoms. The molecular weight excluding hydrogens is 503 g/mol. The average molecular weight is 521 g/mol. The summed E-state index contributed by atoms with van der Waals surface area (Å²) in [6.45, 7) is 2.28. The topological polar surface area (TPSA) is 78.1 Å². The molecule has 0 aromatic heterocycles. The summed E-state index contributed by atoms with van der Waals surface area (Å²) in [5.74, 6) is 0.100. The first-order chi connectivity index (χ1) is 16.9. The van der Waals surface area contributed by atoms with E-state index in [0.29, 0.717) is 31.6 Å². The lowest BCUT2D eigenvalue weighted by Gasteiger charge is -2.20. The summed E-state index contributed by atoms with van der Waals surface area (Å²) < 4.78 is 5.88. The van der Waals surface area contributed by atoms with Gasteiger partial charge in [-0.3, -0.25) is 10.2 Å². The fraction of sp³-hybridized carbons (Fsp3) is 0.0769. The van der Waals surface area contributed by atoms with Gasteiger partial charge in [-0.05, 0) is 54.6 Å². The Labute approximate surface area is 216 Å². The van der Waals surface area contributed by atoms with Gasteiger partial charge in [0.25, 0.3) is 5.91 Å². The van der Waals surface area contributed by atoms with Crippen molar-refractivity contribution in [1.29, 1.82) is 5.41 Å². The maximum atomic E-state index is 12.8. The van der Waals surface area contributed by atoms with Crippen LogP contribution in [0.25, 0.3) is 6.08 Å². The summed E-state index contributed by atoms with van der Waals surface area (Å²) in [6.07, 6.45) is 1.62. The van der Waals surface area contributed by atoms with E-state index in [1.807, 2.05) is 55.5 Å². The second kappa shape index (κ2) is 9.70. The van der Waals surface area contributed by atoms with Gasteiger partial charge in [-0.1, -0.05) is 71.2 Å². The summed E-state index contributed by atoms with van der Waals surface area (Å²) in [5, 5.41) is 16.7. The van der Waals surface area contributed by atoms with Crippen LogP contribution in [0.4, 0.5) is 0 Å². The number of carbonyl (C=O) groups excluding carboxylic acids is 1. The number of thioether (sulfide) groups is 1. The summed E-state index contributed by atoms with van der Waals surface area (Å²) in [6, 6.07) is 20.4. The Morgan fingerprint density at radius 1 is 1.09 bits per heavy atom. The number of hydrogen-bond donors (Lipinski definition) is 1. The standard InChI is InChI=1S/C26H18Cl2N4O2S/c1-15-5-7-17(8-6-15)25-31-32-23(29)21(24(33)30-26(32)35-25)12-16-3-2-4-20(11-16)34-14-18-9-10-19(27)13-22(18)28/h2-13,29H,14H2,1H3/b21-12+,29-23?. The largest absolute Gasteiger partial charge is 0.489 e. The molecule has 2 aliphatic rings. The normalized spacial score (nSPS) is 16.3. The summed E-state index contributed by atoms with van der Waals surface area (Å²) in [7, 11) is 0. The molecule has 174 valence electrons. The molecule has 0 saturated heterocycles. The number of nitrogens with one attached hydrogen (secondary N) is 1. The van der Waals surface area contributed by atoms with E-state index < -0.39 is 5.91 Å². The molecule has 1 N–H and O–H groups in total. The predicted molar refractivity (Wildman–Crippen MR) is 143 cm³/mol. The van der Waals surface area contributed by atoms with E-state index in [4.69, 9.17) is 33.3 Å². The number of ether oxygens (including phenoxy) is 1. The number of rotatable bonds is 5. The van der Waals surface area contributed by atoms with Crippen molar-refractivity contribution in [3.05, 3.63) is 105 Å². The van der Waals surface area contributed by atoms with Gasteiger partial charge in [0.2, 0.25) is 5.17 Å². The fourth-order valence-electron chi connectivity index (χ4n) is 3.47. The second-order valence-corrected chi connectivity index (χ2v) is 9.69. The maximum absolute atomic E-state index is 12.8. The van der Waals surface area contributed by atoms with Crippen LogP contribution in [-0.4, -0.2) is 27.0 Å². The number of amides is 1. The van der Waals surface area contributed by atoms with Gasteiger partial charge in [0.1, 0.15) is 17.4 Å². The van der Waals surface area contributed by atoms with Crippen molar-refractivity contribution in [3.63, 3.8) is 0 Å². The zero-order chi connectivity index (χ0) is 24.5. The van der Waals surface area contributed by atoms with E-state index in [9.17, 15) is 4.79 Å². The minimum absolute atomic E-state index is 0.0196. The first-order valence-corrected chi connectivity index (χ1v) is 12.2. The summed E-state index contributed by atoms with van der Waals surface area (Å²) in [4.78, 5) is 16.9. The van der Waals surface area contributed by atoms with Crippen molar-refractivity contribution >= 4 is 63.0 Å². The van der Waals surface area contributed by atoms with Gasteiger partial charge in [0.05, 0.1) is 5.57 Å². The van der Waals surface area contributed by atoms with Crippen LogP contribution in [-0.2, 0) is 11.4 Å². The Morgan fingerprint density at radius 2 is 1.89 bits per heavy atom. The van der Waals surface area contributed by atoms with Gasteiger partial charge in [0, 0.05) is 21.2 Å². The lowest BCUT2D eigenvalue weighted by Crippen LogP contribution is -2.35. The minimum Gasteiger partial charge on any atom is -0.489 e. The van der Waals surface area contributed by atoms with E-state index in [2.05, 4.69) is 10.1 Å². The number of hydrogen-bond acceptors (Lipinski definition) is 5. The van der Waals surface area contributed by atoms with Crippen molar-refractivity contribution in [2.45, 2.75) is 13.5 Å². The third kappa shape index (κ3) is 5.03. The third-order valence-electron chi connectivity index (χ3n) is 5.33. The predicted octanol–water partition coefficient (Wildman–Crippen LogP) is 6.55. The van der Waals surface area contributed by atoms with Gasteiger partial charge in [0.15, 0.2) is 5.84 Å². The highest BCUT2D eigenvalue weighted by Gasteiger charge is 2.36. The zero-order valence-corrected chi connectivity index (χ0v) is 20.8. The Bertz CT molecular complexity index is 1450. The minimum atomic E-state index is -0.478. The molecule has 0 atom stereocenters. The molecule has 6 nitrogen and oxygen atoms in total. The number of carbonyl (C=O) groups is 1. The van der Waals surface area contributed by atoms with E-state index >= 15 is 0 Å². The first kappa shape index (κ1) is 23.4. The van der Waals surface area contributed by atoms with Gasteiger partial charge < -0.3 is 4.74 Å². The molecule has 0 fully saturated rings. The smallest absolute Gasteiger partial charge is 0.283 e. The fourth-order valence-corrected chi connectivity index (χ4v) is 4.83. The molecule has 0 unspecified atom stereocenters. The molecular formula is C26H18Cl2N4O2S. The number of halogens is 2. The number of aliphatic imine (C=N–C) groups is 1. The van der Waals surface area contributed by atoms with Crippen LogP contribution in [0.3, 0.4) is 0 Å². The van der Waals surface area contributed by atoms with E-state index in [0.717, 1.165) is 16.7 Å². The third-order valence-corrected chi connectivity index (χ3v) is 6.88. The number of nitrogens with zero attached hydrogens (tertiary/aromatic N) is 3. The molecule has 0 radical (unpaired) electrons. The molecule has 5 rings (SSSR count). The molecule has 1 amide bonds. The second-order valence-electron chi connectivity index (χ2n) is 7.89. The van der Waals surface area contributed by atoms with Crippen molar-refractivity contribution < 1.29 is 9.53 Å². The van der Waals surface area contributed by atoms with Crippen LogP contribution in [0.5, 0.6) is 5.75 Å². The van der Waals surface area contributed by atoms with E-state index in [1.165, 1.54) is 16.8 Å². The van der Waals surface area contributed by atoms with Gasteiger partial charge in [-0.25, -0.2) is 0 Å². The van der Waals surface area contributed by atoms with Crippen LogP contribution in [0.1, 0.15) is 22.3 Å².